The minimum atomic E-state index is 0.432. The van der Waals surface area contributed by atoms with Gasteiger partial charge in [0.05, 0.1) is 17.4 Å². The van der Waals surface area contributed by atoms with Gasteiger partial charge in [0, 0.05) is 29.8 Å². The molecule has 124 valence electrons. The maximum Gasteiger partial charge on any atom is 0.162 e. The molecule has 25 heavy (non-hydrogen) atoms. The van der Waals surface area contributed by atoms with Crippen molar-refractivity contribution in [2.75, 3.05) is 11.2 Å². The molecule has 7 heteroatoms. The lowest BCUT2D eigenvalue weighted by Crippen LogP contribution is -1.98. The lowest BCUT2D eigenvalue weighted by Gasteiger charge is -2.07. The molecule has 2 heterocycles. The summed E-state index contributed by atoms with van der Waals surface area (Å²) in [5, 5.41) is 13.9. The predicted molar refractivity (Wildman–Crippen MR) is 97.0 cm³/mol. The summed E-state index contributed by atoms with van der Waals surface area (Å²) >= 11 is 0. The zero-order valence-electron chi connectivity index (χ0n) is 13.5. The number of nitrogens with one attached hydrogen (secondary N) is 1. The Hall–Kier alpha value is -3.45. The molecule has 0 atom stereocenters. The van der Waals surface area contributed by atoms with Crippen LogP contribution in [0.5, 0.6) is 0 Å². The summed E-state index contributed by atoms with van der Waals surface area (Å²) in [6.45, 7) is 0. The van der Waals surface area contributed by atoms with E-state index in [0.717, 1.165) is 27.6 Å². The van der Waals surface area contributed by atoms with Crippen LogP contribution in [0.4, 0.5) is 11.5 Å². The summed E-state index contributed by atoms with van der Waals surface area (Å²) in [5.74, 6) is 0.972. The van der Waals surface area contributed by atoms with Gasteiger partial charge in [-0.1, -0.05) is 6.07 Å². The van der Waals surface area contributed by atoms with Crippen LogP contribution < -0.4 is 11.2 Å². The van der Waals surface area contributed by atoms with Crippen LogP contribution in [0.3, 0.4) is 0 Å². The second-order valence-electron chi connectivity index (χ2n) is 5.76. The van der Waals surface area contributed by atoms with Gasteiger partial charge in [-0.15, -0.1) is 0 Å². The van der Waals surface area contributed by atoms with E-state index in [4.69, 9.17) is 10.9 Å². The van der Waals surface area contributed by atoms with Gasteiger partial charge >= 0.3 is 0 Å². The highest BCUT2D eigenvalue weighted by Crippen LogP contribution is 2.28. The first-order valence-electron chi connectivity index (χ1n) is 7.71. The molecule has 0 aliphatic heterocycles. The number of hydrogen-bond acceptors (Lipinski definition) is 6. The minimum absolute atomic E-state index is 0.432. The summed E-state index contributed by atoms with van der Waals surface area (Å²) in [6.07, 6.45) is 3.76. The van der Waals surface area contributed by atoms with Crippen molar-refractivity contribution in [3.05, 3.63) is 54.9 Å². The molecule has 0 aliphatic carbocycles. The highest BCUT2D eigenvalue weighted by Gasteiger charge is 2.09. The molecule has 4 N–H and O–H groups in total. The van der Waals surface area contributed by atoms with Crippen molar-refractivity contribution in [3.8, 4) is 22.5 Å². The van der Waals surface area contributed by atoms with Crippen LogP contribution in [0, 0.1) is 0 Å². The SMILES string of the molecule is Cn1cc(-c2ccc3c(N)nc(-c4ccc(NO)cc4)nc3c2)cn1. The average molecular weight is 332 g/mol. The number of aryl methyl sites for hydroxylation is 1. The van der Waals surface area contributed by atoms with Crippen LogP contribution in [-0.4, -0.2) is 25.0 Å². The first-order chi connectivity index (χ1) is 12.1. The number of anilines is 2. The fraction of sp³-hybridized carbons (Fsp3) is 0.0556. The number of nitrogens with two attached hydrogens (primary N) is 1. The minimum Gasteiger partial charge on any atom is -0.383 e. The molecule has 0 fully saturated rings. The van der Waals surface area contributed by atoms with Gasteiger partial charge in [-0.2, -0.15) is 5.10 Å². The molecule has 2 aromatic carbocycles. The van der Waals surface area contributed by atoms with Crippen molar-refractivity contribution in [3.63, 3.8) is 0 Å². The van der Waals surface area contributed by atoms with E-state index < -0.39 is 0 Å². The van der Waals surface area contributed by atoms with Crippen LogP contribution in [0.25, 0.3) is 33.4 Å². The highest BCUT2D eigenvalue weighted by atomic mass is 16.5. The first-order valence-corrected chi connectivity index (χ1v) is 7.71. The van der Waals surface area contributed by atoms with Gasteiger partial charge in [-0.05, 0) is 42.0 Å². The highest BCUT2D eigenvalue weighted by molar-refractivity contribution is 5.92. The Morgan fingerprint density at radius 2 is 1.76 bits per heavy atom. The molecule has 0 unspecified atom stereocenters. The molecule has 0 spiro atoms. The number of aromatic nitrogens is 4. The third-order valence-electron chi connectivity index (χ3n) is 4.04. The van der Waals surface area contributed by atoms with Gasteiger partial charge in [0.25, 0.3) is 0 Å². The molecule has 0 aliphatic rings. The zero-order chi connectivity index (χ0) is 17.4. The second kappa shape index (κ2) is 5.88. The Morgan fingerprint density at radius 1 is 1.00 bits per heavy atom. The monoisotopic (exact) mass is 332 g/mol. The number of fused-ring (bicyclic) bond motifs is 1. The number of nitrogen functional groups attached to an aromatic ring is 1. The normalized spacial score (nSPS) is 11.0. The van der Waals surface area contributed by atoms with Crippen molar-refractivity contribution in [1.29, 1.82) is 0 Å². The van der Waals surface area contributed by atoms with Crippen molar-refractivity contribution >= 4 is 22.4 Å². The molecule has 4 rings (SSSR count). The van der Waals surface area contributed by atoms with Crippen LogP contribution in [0.15, 0.2) is 54.9 Å². The van der Waals surface area contributed by atoms with Gasteiger partial charge in [-0.25, -0.2) is 9.97 Å². The first kappa shape index (κ1) is 15.1. The molecule has 4 aromatic rings. The fourth-order valence-electron chi connectivity index (χ4n) is 2.73. The molecule has 0 saturated carbocycles. The summed E-state index contributed by atoms with van der Waals surface area (Å²) in [5.41, 5.74) is 12.4. The average Bonchev–Trinajstić information content (AvgIpc) is 3.07. The van der Waals surface area contributed by atoms with E-state index in [1.54, 1.807) is 16.8 Å². The van der Waals surface area contributed by atoms with E-state index >= 15 is 0 Å². The Bertz CT molecular complexity index is 1060. The van der Waals surface area contributed by atoms with Crippen LogP contribution >= 0.6 is 0 Å². The number of nitrogens with zero attached hydrogens (tertiary/aromatic N) is 4. The van der Waals surface area contributed by atoms with Crippen molar-refractivity contribution in [2.24, 2.45) is 7.05 Å². The van der Waals surface area contributed by atoms with Gasteiger partial charge in [0.15, 0.2) is 5.82 Å². The number of benzene rings is 2. The van der Waals surface area contributed by atoms with Gasteiger partial charge < -0.3 is 5.73 Å². The Labute approximate surface area is 143 Å². The largest absolute Gasteiger partial charge is 0.383 e. The molecule has 7 nitrogen and oxygen atoms in total. The van der Waals surface area contributed by atoms with E-state index in [1.165, 1.54) is 0 Å². The third kappa shape index (κ3) is 2.77. The number of hydrogen-bond donors (Lipinski definition) is 3. The lowest BCUT2D eigenvalue weighted by atomic mass is 10.1. The van der Waals surface area contributed by atoms with Gasteiger partial charge in [-0.3, -0.25) is 15.4 Å². The van der Waals surface area contributed by atoms with Crippen molar-refractivity contribution in [1.82, 2.24) is 19.7 Å². The summed E-state index contributed by atoms with van der Waals surface area (Å²) in [7, 11) is 1.88. The van der Waals surface area contributed by atoms with E-state index in [9.17, 15) is 0 Å². The maximum atomic E-state index is 8.92. The van der Waals surface area contributed by atoms with E-state index in [1.807, 2.05) is 49.8 Å². The van der Waals surface area contributed by atoms with E-state index in [0.29, 0.717) is 17.3 Å². The van der Waals surface area contributed by atoms with E-state index in [-0.39, 0.29) is 0 Å². The zero-order valence-corrected chi connectivity index (χ0v) is 13.5. The molecular weight excluding hydrogens is 316 g/mol. The summed E-state index contributed by atoms with van der Waals surface area (Å²) in [4.78, 5) is 9.05. The topological polar surface area (TPSA) is 102 Å². The van der Waals surface area contributed by atoms with Crippen LogP contribution in [0.2, 0.25) is 0 Å². The Balaban J connectivity index is 1.83. The third-order valence-corrected chi connectivity index (χ3v) is 4.04. The summed E-state index contributed by atoms with van der Waals surface area (Å²) in [6, 6.07) is 13.0. The van der Waals surface area contributed by atoms with Crippen molar-refractivity contribution < 1.29 is 5.21 Å². The number of rotatable bonds is 3. The quantitative estimate of drug-likeness (QED) is 0.498. The maximum absolute atomic E-state index is 8.92. The van der Waals surface area contributed by atoms with Crippen LogP contribution in [0.1, 0.15) is 0 Å². The Kier molecular flexibility index (Phi) is 3.55. The smallest absolute Gasteiger partial charge is 0.162 e. The van der Waals surface area contributed by atoms with Crippen LogP contribution in [-0.2, 0) is 7.05 Å². The van der Waals surface area contributed by atoms with E-state index in [2.05, 4.69) is 20.5 Å². The Morgan fingerprint density at radius 3 is 2.44 bits per heavy atom. The van der Waals surface area contributed by atoms with Crippen molar-refractivity contribution in [2.45, 2.75) is 0 Å². The molecule has 0 radical (unpaired) electrons. The van der Waals surface area contributed by atoms with Gasteiger partial charge in [0.2, 0.25) is 0 Å². The summed E-state index contributed by atoms with van der Waals surface area (Å²) < 4.78 is 1.76. The molecular formula is C18H16N6O. The molecule has 0 amide bonds. The van der Waals surface area contributed by atoms with Gasteiger partial charge in [0.1, 0.15) is 5.82 Å². The molecule has 2 aromatic heterocycles. The molecule has 0 bridgehead atoms. The fourth-order valence-corrected chi connectivity index (χ4v) is 2.73. The molecule has 0 saturated heterocycles. The predicted octanol–water partition coefficient (Wildman–Crippen LogP) is 3.08. The second-order valence-corrected chi connectivity index (χ2v) is 5.76. The standard InChI is InChI=1S/C18H16N6O/c1-24-10-13(9-20-24)12-4-7-15-16(8-12)21-18(22-17(15)19)11-2-5-14(23-25)6-3-11/h2-10,23,25H,1H3,(H2,19,21,22). The lowest BCUT2D eigenvalue weighted by molar-refractivity contribution is 0.389.